The Bertz CT molecular complexity index is 428. The third kappa shape index (κ3) is 4.40. The van der Waals surface area contributed by atoms with Gasteiger partial charge in [-0.15, -0.1) is 0 Å². The highest BCUT2D eigenvalue weighted by molar-refractivity contribution is 9.10. The molecular formula is C16H25BrN2S. The Morgan fingerprint density at radius 2 is 2.00 bits per heavy atom. The zero-order valence-electron chi connectivity index (χ0n) is 12.7. The average molecular weight is 357 g/mol. The lowest BCUT2D eigenvalue weighted by atomic mass is 10.1. The van der Waals surface area contributed by atoms with Crippen LogP contribution in [0.25, 0.3) is 0 Å². The van der Waals surface area contributed by atoms with Gasteiger partial charge in [-0.2, -0.15) is 11.8 Å². The van der Waals surface area contributed by atoms with Gasteiger partial charge in [-0.1, -0.05) is 42.8 Å². The minimum atomic E-state index is 0.712. The molecule has 2 atom stereocenters. The quantitative estimate of drug-likeness (QED) is 0.792. The van der Waals surface area contributed by atoms with E-state index in [1.807, 2.05) is 0 Å². The number of nitrogens with one attached hydrogen (secondary N) is 1. The van der Waals surface area contributed by atoms with Gasteiger partial charge in [0.1, 0.15) is 0 Å². The zero-order valence-corrected chi connectivity index (χ0v) is 15.1. The van der Waals surface area contributed by atoms with Crippen LogP contribution in [-0.4, -0.2) is 30.1 Å². The zero-order chi connectivity index (χ0) is 14.5. The first-order valence-electron chi connectivity index (χ1n) is 7.49. The molecule has 0 radical (unpaired) electrons. The summed E-state index contributed by atoms with van der Waals surface area (Å²) in [5, 5.41) is 4.88. The molecule has 2 nitrogen and oxygen atoms in total. The summed E-state index contributed by atoms with van der Waals surface area (Å²) in [6.45, 7) is 11.2. The number of anilines is 1. The molecule has 0 amide bonds. The van der Waals surface area contributed by atoms with Gasteiger partial charge in [-0.3, -0.25) is 0 Å². The second-order valence-corrected chi connectivity index (χ2v) is 8.35. The van der Waals surface area contributed by atoms with Crippen LogP contribution in [-0.2, 0) is 6.54 Å². The molecule has 1 heterocycles. The minimum absolute atomic E-state index is 0.712. The fourth-order valence-electron chi connectivity index (χ4n) is 2.66. The topological polar surface area (TPSA) is 15.3 Å². The molecular weight excluding hydrogens is 332 g/mol. The van der Waals surface area contributed by atoms with Crippen LogP contribution in [0, 0.1) is 0 Å². The van der Waals surface area contributed by atoms with Gasteiger partial charge in [0.2, 0.25) is 0 Å². The van der Waals surface area contributed by atoms with E-state index < -0.39 is 0 Å². The minimum Gasteiger partial charge on any atom is -0.369 e. The maximum Gasteiger partial charge on any atom is 0.0378 e. The number of halogens is 1. The molecule has 20 heavy (non-hydrogen) atoms. The number of benzene rings is 1. The monoisotopic (exact) mass is 356 g/mol. The highest BCUT2D eigenvalue weighted by atomic mass is 79.9. The lowest BCUT2D eigenvalue weighted by Gasteiger charge is -2.36. The third-order valence-electron chi connectivity index (χ3n) is 3.56. The number of thioether (sulfide) groups is 1. The van der Waals surface area contributed by atoms with Crippen molar-refractivity contribution in [3.8, 4) is 0 Å². The Morgan fingerprint density at radius 3 is 2.60 bits per heavy atom. The molecule has 0 spiro atoms. The van der Waals surface area contributed by atoms with E-state index in [4.69, 9.17) is 0 Å². The van der Waals surface area contributed by atoms with E-state index in [1.54, 1.807) is 0 Å². The number of rotatable bonds is 5. The van der Waals surface area contributed by atoms with E-state index >= 15 is 0 Å². The Morgan fingerprint density at radius 1 is 1.30 bits per heavy atom. The first-order valence-corrected chi connectivity index (χ1v) is 9.23. The second kappa shape index (κ2) is 7.71. The summed E-state index contributed by atoms with van der Waals surface area (Å²) in [7, 11) is 0. The van der Waals surface area contributed by atoms with Gasteiger partial charge in [-0.25, -0.2) is 0 Å². The Kier molecular flexibility index (Phi) is 6.24. The molecule has 4 heteroatoms. The van der Waals surface area contributed by atoms with E-state index in [0.29, 0.717) is 10.5 Å². The molecule has 0 bridgehead atoms. The van der Waals surface area contributed by atoms with Crippen molar-refractivity contribution in [1.29, 1.82) is 0 Å². The molecule has 0 saturated carbocycles. The molecule has 1 aliphatic heterocycles. The van der Waals surface area contributed by atoms with E-state index in [9.17, 15) is 0 Å². The van der Waals surface area contributed by atoms with Gasteiger partial charge < -0.3 is 10.2 Å². The lowest BCUT2D eigenvalue weighted by Crippen LogP contribution is -2.40. The molecule has 1 aromatic carbocycles. The summed E-state index contributed by atoms with van der Waals surface area (Å²) in [5.41, 5.74) is 2.68. The fraction of sp³-hybridized carbons (Fsp3) is 0.625. The largest absolute Gasteiger partial charge is 0.369 e. The van der Waals surface area contributed by atoms with Gasteiger partial charge in [0.25, 0.3) is 0 Å². The van der Waals surface area contributed by atoms with Crippen molar-refractivity contribution in [1.82, 2.24) is 5.32 Å². The van der Waals surface area contributed by atoms with Crippen LogP contribution < -0.4 is 10.2 Å². The summed E-state index contributed by atoms with van der Waals surface area (Å²) in [4.78, 5) is 2.51. The van der Waals surface area contributed by atoms with Crippen LogP contribution in [0.15, 0.2) is 22.7 Å². The smallest absolute Gasteiger partial charge is 0.0378 e. The number of hydrogen-bond acceptors (Lipinski definition) is 3. The van der Waals surface area contributed by atoms with E-state index in [2.05, 4.69) is 76.9 Å². The van der Waals surface area contributed by atoms with E-state index in [0.717, 1.165) is 26.2 Å². The molecule has 2 unspecified atom stereocenters. The fourth-order valence-corrected chi connectivity index (χ4v) is 4.50. The van der Waals surface area contributed by atoms with Crippen molar-refractivity contribution >= 4 is 33.4 Å². The first-order chi connectivity index (χ1) is 9.60. The van der Waals surface area contributed by atoms with Crippen LogP contribution in [0.2, 0.25) is 0 Å². The van der Waals surface area contributed by atoms with E-state index in [1.165, 1.54) is 22.1 Å². The summed E-state index contributed by atoms with van der Waals surface area (Å²) in [6, 6.07) is 6.79. The molecule has 1 aliphatic rings. The third-order valence-corrected chi connectivity index (χ3v) is 5.53. The molecule has 1 N–H and O–H groups in total. The Labute approximate surface area is 135 Å². The molecule has 2 rings (SSSR count). The standard InChI is InChI=1S/C16H25BrN2S/c1-4-7-18-9-14-5-6-15(8-16(14)17)19-10-12(2)20-13(3)11-19/h5-6,8,12-13,18H,4,7,9-11H2,1-3H3. The van der Waals surface area contributed by atoms with Crippen molar-refractivity contribution in [3.63, 3.8) is 0 Å². The highest BCUT2D eigenvalue weighted by Crippen LogP contribution is 2.31. The van der Waals surface area contributed by atoms with Crippen molar-refractivity contribution in [3.05, 3.63) is 28.2 Å². The Hall–Kier alpha value is -0.190. The van der Waals surface area contributed by atoms with Crippen LogP contribution >= 0.6 is 27.7 Å². The Balaban J connectivity index is 2.04. The average Bonchev–Trinajstić information content (AvgIpc) is 2.39. The second-order valence-electron chi connectivity index (χ2n) is 5.61. The van der Waals surface area contributed by atoms with Crippen molar-refractivity contribution in [2.75, 3.05) is 24.5 Å². The van der Waals surface area contributed by atoms with Gasteiger partial charge in [-0.05, 0) is 30.7 Å². The summed E-state index contributed by atoms with van der Waals surface area (Å²) in [5.74, 6) is 0. The summed E-state index contributed by atoms with van der Waals surface area (Å²) < 4.78 is 1.22. The maximum atomic E-state index is 3.72. The number of nitrogens with zero attached hydrogens (tertiary/aromatic N) is 1. The van der Waals surface area contributed by atoms with Gasteiger partial charge in [0.15, 0.2) is 0 Å². The van der Waals surface area contributed by atoms with E-state index in [-0.39, 0.29) is 0 Å². The van der Waals surface area contributed by atoms with Crippen molar-refractivity contribution in [2.45, 2.75) is 44.2 Å². The van der Waals surface area contributed by atoms with Gasteiger partial charge >= 0.3 is 0 Å². The van der Waals surface area contributed by atoms with Crippen LogP contribution in [0.5, 0.6) is 0 Å². The highest BCUT2D eigenvalue weighted by Gasteiger charge is 2.22. The van der Waals surface area contributed by atoms with Crippen molar-refractivity contribution < 1.29 is 0 Å². The van der Waals surface area contributed by atoms with Crippen molar-refractivity contribution in [2.24, 2.45) is 0 Å². The SMILES string of the molecule is CCCNCc1ccc(N2CC(C)SC(C)C2)cc1Br. The molecule has 0 aromatic heterocycles. The maximum absolute atomic E-state index is 3.72. The predicted octanol–water partition coefficient (Wildman–Crippen LogP) is 4.28. The molecule has 0 aliphatic carbocycles. The van der Waals surface area contributed by atoms with Gasteiger partial charge in [0.05, 0.1) is 0 Å². The van der Waals surface area contributed by atoms with Crippen LogP contribution in [0.3, 0.4) is 0 Å². The number of hydrogen-bond donors (Lipinski definition) is 1. The lowest BCUT2D eigenvalue weighted by molar-refractivity contribution is 0.673. The molecule has 1 fully saturated rings. The summed E-state index contributed by atoms with van der Waals surface area (Å²) >= 11 is 5.82. The first kappa shape index (κ1) is 16.2. The van der Waals surface area contributed by atoms with Crippen LogP contribution in [0.1, 0.15) is 32.8 Å². The summed E-state index contributed by atoms with van der Waals surface area (Å²) in [6.07, 6.45) is 1.18. The normalized spacial score (nSPS) is 23.1. The molecule has 1 saturated heterocycles. The predicted molar refractivity (Wildman–Crippen MR) is 94.9 cm³/mol. The molecule has 112 valence electrons. The van der Waals surface area contributed by atoms with Crippen LogP contribution in [0.4, 0.5) is 5.69 Å². The van der Waals surface area contributed by atoms with Gasteiger partial charge in [0, 0.05) is 40.3 Å². The molecule has 1 aromatic rings.